The fourth-order valence-corrected chi connectivity index (χ4v) is 2.97. The standard InChI is InChI=1S/C18H21N3O2/c1-12-7-8-16-14(9-12)10-18(23)21(20-16)11-17(22)19-15-6-4-3-5-13(15)2/h3-6,10,12H,7-9,11H2,1-2H3,(H,19,22). The van der Waals surface area contributed by atoms with Crippen LogP contribution in [0.2, 0.25) is 0 Å². The molecule has 120 valence electrons. The molecule has 1 aromatic carbocycles. The van der Waals surface area contributed by atoms with Gasteiger partial charge in [-0.05, 0) is 49.3 Å². The third kappa shape index (κ3) is 3.50. The molecule has 1 atom stereocenters. The molecule has 5 heteroatoms. The van der Waals surface area contributed by atoms with Crippen LogP contribution in [0.25, 0.3) is 0 Å². The van der Waals surface area contributed by atoms with Gasteiger partial charge in [0, 0.05) is 11.8 Å². The number of carbonyl (C=O) groups is 1. The summed E-state index contributed by atoms with van der Waals surface area (Å²) in [5.41, 5.74) is 3.52. The average Bonchev–Trinajstić information content (AvgIpc) is 2.50. The number of rotatable bonds is 3. The molecule has 1 aromatic heterocycles. The molecule has 0 spiro atoms. The number of anilines is 1. The van der Waals surface area contributed by atoms with Crippen LogP contribution in [-0.4, -0.2) is 15.7 Å². The molecule has 1 unspecified atom stereocenters. The van der Waals surface area contributed by atoms with Crippen molar-refractivity contribution in [2.24, 2.45) is 5.92 Å². The van der Waals surface area contributed by atoms with Gasteiger partial charge in [-0.3, -0.25) is 9.59 Å². The minimum absolute atomic E-state index is 0.0595. The Morgan fingerprint density at radius 3 is 2.96 bits per heavy atom. The van der Waals surface area contributed by atoms with Gasteiger partial charge in [0.15, 0.2) is 0 Å². The summed E-state index contributed by atoms with van der Waals surface area (Å²) in [6.45, 7) is 4.06. The van der Waals surface area contributed by atoms with Crippen molar-refractivity contribution in [3.8, 4) is 0 Å². The van der Waals surface area contributed by atoms with Crippen LogP contribution in [0, 0.1) is 12.8 Å². The number of benzene rings is 1. The van der Waals surface area contributed by atoms with Crippen LogP contribution < -0.4 is 10.9 Å². The van der Waals surface area contributed by atoms with Crippen LogP contribution >= 0.6 is 0 Å². The molecule has 0 fully saturated rings. The highest BCUT2D eigenvalue weighted by atomic mass is 16.2. The quantitative estimate of drug-likeness (QED) is 0.946. The summed E-state index contributed by atoms with van der Waals surface area (Å²) in [6, 6.07) is 9.20. The fourth-order valence-electron chi connectivity index (χ4n) is 2.97. The van der Waals surface area contributed by atoms with Gasteiger partial charge in [-0.2, -0.15) is 5.10 Å². The van der Waals surface area contributed by atoms with Crippen molar-refractivity contribution in [3.05, 3.63) is 57.5 Å². The Balaban J connectivity index is 1.77. The Morgan fingerprint density at radius 2 is 2.17 bits per heavy atom. The molecule has 0 saturated heterocycles. The minimum Gasteiger partial charge on any atom is -0.324 e. The summed E-state index contributed by atoms with van der Waals surface area (Å²) in [5.74, 6) is 0.349. The van der Waals surface area contributed by atoms with E-state index < -0.39 is 0 Å². The highest BCUT2D eigenvalue weighted by molar-refractivity contribution is 5.91. The highest BCUT2D eigenvalue weighted by Crippen LogP contribution is 2.22. The van der Waals surface area contributed by atoms with Crippen molar-refractivity contribution < 1.29 is 4.79 Å². The van der Waals surface area contributed by atoms with Gasteiger partial charge in [-0.25, -0.2) is 4.68 Å². The number of hydrogen-bond donors (Lipinski definition) is 1. The highest BCUT2D eigenvalue weighted by Gasteiger charge is 2.18. The van der Waals surface area contributed by atoms with Gasteiger partial charge in [-0.15, -0.1) is 0 Å². The van der Waals surface area contributed by atoms with Crippen molar-refractivity contribution in [1.29, 1.82) is 0 Å². The summed E-state index contributed by atoms with van der Waals surface area (Å²) in [5, 5.41) is 7.23. The summed E-state index contributed by atoms with van der Waals surface area (Å²) >= 11 is 0. The second kappa shape index (κ2) is 6.36. The van der Waals surface area contributed by atoms with Crippen molar-refractivity contribution in [3.63, 3.8) is 0 Å². The molecule has 0 saturated carbocycles. The van der Waals surface area contributed by atoms with Gasteiger partial charge in [0.05, 0.1) is 5.69 Å². The average molecular weight is 311 g/mol. The van der Waals surface area contributed by atoms with Gasteiger partial charge in [0.25, 0.3) is 5.56 Å². The van der Waals surface area contributed by atoms with Crippen molar-refractivity contribution >= 4 is 11.6 Å². The van der Waals surface area contributed by atoms with Crippen LogP contribution in [0.3, 0.4) is 0 Å². The van der Waals surface area contributed by atoms with Crippen LogP contribution in [0.4, 0.5) is 5.69 Å². The Morgan fingerprint density at radius 1 is 1.39 bits per heavy atom. The Kier molecular flexibility index (Phi) is 4.28. The third-order valence-electron chi connectivity index (χ3n) is 4.32. The maximum atomic E-state index is 12.2. The zero-order valence-electron chi connectivity index (χ0n) is 13.5. The maximum Gasteiger partial charge on any atom is 0.267 e. The lowest BCUT2D eigenvalue weighted by molar-refractivity contribution is -0.117. The van der Waals surface area contributed by atoms with E-state index in [1.165, 1.54) is 4.68 Å². The number of nitrogens with one attached hydrogen (secondary N) is 1. The summed E-state index contributed by atoms with van der Waals surface area (Å²) in [7, 11) is 0. The molecular weight excluding hydrogens is 290 g/mol. The molecule has 1 aliphatic carbocycles. The molecular formula is C18H21N3O2. The Labute approximate surface area is 135 Å². The van der Waals surface area contributed by atoms with E-state index in [0.717, 1.165) is 41.8 Å². The van der Waals surface area contributed by atoms with E-state index in [1.54, 1.807) is 6.07 Å². The van der Waals surface area contributed by atoms with Crippen molar-refractivity contribution in [1.82, 2.24) is 9.78 Å². The molecule has 1 N–H and O–H groups in total. The van der Waals surface area contributed by atoms with Gasteiger partial charge in [-0.1, -0.05) is 25.1 Å². The van der Waals surface area contributed by atoms with Gasteiger partial charge in [0.2, 0.25) is 5.91 Å². The first-order valence-electron chi connectivity index (χ1n) is 7.98. The number of fused-ring (bicyclic) bond motifs is 1. The monoisotopic (exact) mass is 311 g/mol. The maximum absolute atomic E-state index is 12.2. The Bertz CT molecular complexity index is 795. The molecule has 0 radical (unpaired) electrons. The number of nitrogens with zero attached hydrogens (tertiary/aromatic N) is 2. The van der Waals surface area contributed by atoms with Crippen LogP contribution in [-0.2, 0) is 24.2 Å². The molecule has 3 rings (SSSR count). The lowest BCUT2D eigenvalue weighted by Crippen LogP contribution is -2.32. The number of carbonyl (C=O) groups excluding carboxylic acids is 1. The largest absolute Gasteiger partial charge is 0.324 e. The SMILES string of the molecule is Cc1ccccc1NC(=O)Cn1nc2c(cc1=O)CC(C)CC2. The number of para-hydroxylation sites is 1. The molecule has 1 aliphatic rings. The minimum atomic E-state index is -0.238. The first-order valence-corrected chi connectivity index (χ1v) is 7.98. The topological polar surface area (TPSA) is 64.0 Å². The van der Waals surface area contributed by atoms with E-state index in [4.69, 9.17) is 0 Å². The fraction of sp³-hybridized carbons (Fsp3) is 0.389. The lowest BCUT2D eigenvalue weighted by atomic mass is 9.88. The Hall–Kier alpha value is -2.43. The van der Waals surface area contributed by atoms with Crippen LogP contribution in [0.5, 0.6) is 0 Å². The van der Waals surface area contributed by atoms with Gasteiger partial charge in [0.1, 0.15) is 6.54 Å². The summed E-state index contributed by atoms with van der Waals surface area (Å²) in [4.78, 5) is 24.4. The van der Waals surface area contributed by atoms with E-state index in [1.807, 2.05) is 31.2 Å². The number of aryl methyl sites for hydroxylation is 2. The van der Waals surface area contributed by atoms with Crippen molar-refractivity contribution in [2.45, 2.75) is 39.7 Å². The normalized spacial score (nSPS) is 16.7. The second-order valence-corrected chi connectivity index (χ2v) is 6.32. The molecule has 1 amide bonds. The first kappa shape index (κ1) is 15.5. The molecule has 0 bridgehead atoms. The van der Waals surface area contributed by atoms with E-state index >= 15 is 0 Å². The van der Waals surface area contributed by atoms with Gasteiger partial charge >= 0.3 is 0 Å². The number of amides is 1. The molecule has 0 aliphatic heterocycles. The predicted molar refractivity (Wildman–Crippen MR) is 89.5 cm³/mol. The summed E-state index contributed by atoms with van der Waals surface area (Å²) < 4.78 is 1.27. The second-order valence-electron chi connectivity index (χ2n) is 6.32. The number of hydrogen-bond acceptors (Lipinski definition) is 3. The number of aromatic nitrogens is 2. The zero-order valence-corrected chi connectivity index (χ0v) is 13.5. The van der Waals surface area contributed by atoms with Gasteiger partial charge < -0.3 is 5.32 Å². The first-order chi connectivity index (χ1) is 11.0. The van der Waals surface area contributed by atoms with E-state index in [-0.39, 0.29) is 18.0 Å². The predicted octanol–water partition coefficient (Wildman–Crippen LogP) is 2.32. The zero-order chi connectivity index (χ0) is 16.4. The van der Waals surface area contributed by atoms with E-state index in [0.29, 0.717) is 5.92 Å². The lowest BCUT2D eigenvalue weighted by Gasteiger charge is -2.20. The van der Waals surface area contributed by atoms with Crippen molar-refractivity contribution in [2.75, 3.05) is 5.32 Å². The molecule has 23 heavy (non-hydrogen) atoms. The smallest absolute Gasteiger partial charge is 0.267 e. The van der Waals surface area contributed by atoms with E-state index in [9.17, 15) is 9.59 Å². The van der Waals surface area contributed by atoms with Crippen LogP contribution in [0.15, 0.2) is 35.1 Å². The van der Waals surface area contributed by atoms with E-state index in [2.05, 4.69) is 17.3 Å². The molecule has 2 aromatic rings. The van der Waals surface area contributed by atoms with Crippen LogP contribution in [0.1, 0.15) is 30.2 Å². The summed E-state index contributed by atoms with van der Waals surface area (Å²) in [6.07, 6.45) is 2.84. The molecule has 5 nitrogen and oxygen atoms in total. The third-order valence-corrected chi connectivity index (χ3v) is 4.32. The molecule has 1 heterocycles.